The summed E-state index contributed by atoms with van der Waals surface area (Å²) in [4.78, 5) is 11.3. The molecule has 1 fully saturated rings. The van der Waals surface area contributed by atoms with E-state index in [1.165, 1.54) is 17.9 Å². The Morgan fingerprint density at radius 3 is 2.54 bits per heavy atom. The molecule has 0 unspecified atom stereocenters. The van der Waals surface area contributed by atoms with Gasteiger partial charge in [-0.25, -0.2) is 0 Å². The predicted octanol–water partition coefficient (Wildman–Crippen LogP) is 3.39. The highest BCUT2D eigenvalue weighted by Crippen LogP contribution is 2.36. The Balaban J connectivity index is 2.03. The largest absolute Gasteiger partial charge is 0.299 e. The molecule has 0 N–H and O–H groups in total. The second kappa shape index (κ2) is 5.97. The topological polar surface area (TPSA) is 17.1 Å². The lowest BCUT2D eigenvalue weighted by Crippen LogP contribution is -2.08. The van der Waals surface area contributed by atoms with Gasteiger partial charge in [0, 0.05) is 23.8 Å². The average molecular weight is 218 g/mol. The van der Waals surface area contributed by atoms with Crippen molar-refractivity contribution in [3.05, 3.63) is 0 Å². The average Bonchev–Trinajstić information content (AvgIpc) is 2.56. The number of hydrogen-bond donors (Lipinski definition) is 0. The van der Waals surface area contributed by atoms with Gasteiger partial charge >= 0.3 is 0 Å². The van der Waals surface area contributed by atoms with E-state index in [9.17, 15) is 4.79 Å². The molecule has 76 valence electrons. The summed E-state index contributed by atoms with van der Waals surface area (Å²) in [5, 5.41) is 0. The van der Waals surface area contributed by atoms with Crippen LogP contribution in [0.25, 0.3) is 0 Å². The lowest BCUT2D eigenvalue weighted by Gasteiger charge is -2.07. The molecule has 0 atom stereocenters. The fourth-order valence-electron chi connectivity index (χ4n) is 1.36. The Morgan fingerprint density at radius 2 is 2.00 bits per heavy atom. The molecule has 0 radical (unpaired) electrons. The molecule has 0 amide bonds. The Labute approximate surface area is 88.8 Å². The zero-order valence-electron chi connectivity index (χ0n) is 8.41. The van der Waals surface area contributed by atoms with Crippen LogP contribution in [-0.4, -0.2) is 17.3 Å². The van der Waals surface area contributed by atoms with E-state index in [0.29, 0.717) is 5.78 Å². The van der Waals surface area contributed by atoms with Gasteiger partial charge in [0.15, 0.2) is 0 Å². The summed E-state index contributed by atoms with van der Waals surface area (Å²) in [6.45, 7) is 3.98. The summed E-state index contributed by atoms with van der Waals surface area (Å²) in [5.74, 6) is 4.11. The van der Waals surface area contributed by atoms with E-state index < -0.39 is 0 Å². The first-order chi connectivity index (χ1) is 6.20. The van der Waals surface area contributed by atoms with Crippen LogP contribution in [0.1, 0.15) is 33.1 Å². The van der Waals surface area contributed by atoms with E-state index in [-0.39, 0.29) is 5.92 Å². The highest BCUT2D eigenvalue weighted by Gasteiger charge is 2.16. The third kappa shape index (κ3) is 4.41. The first-order valence-corrected chi connectivity index (χ1v) is 7.46. The van der Waals surface area contributed by atoms with Gasteiger partial charge in [0.05, 0.1) is 0 Å². The Morgan fingerprint density at radius 1 is 1.38 bits per heavy atom. The van der Waals surface area contributed by atoms with Crippen LogP contribution in [0.3, 0.4) is 0 Å². The fourth-order valence-corrected chi connectivity index (χ4v) is 4.38. The van der Waals surface area contributed by atoms with Crippen LogP contribution in [0.2, 0.25) is 0 Å². The number of hydrogen-bond acceptors (Lipinski definition) is 3. The van der Waals surface area contributed by atoms with E-state index >= 15 is 0 Å². The smallest absolute Gasteiger partial charge is 0.135 e. The predicted molar refractivity (Wildman–Crippen MR) is 62.1 cm³/mol. The van der Waals surface area contributed by atoms with E-state index in [1.54, 1.807) is 0 Å². The van der Waals surface area contributed by atoms with Crippen LogP contribution in [0.5, 0.6) is 0 Å². The quantitative estimate of drug-likeness (QED) is 0.658. The van der Waals surface area contributed by atoms with Crippen molar-refractivity contribution in [1.29, 1.82) is 0 Å². The molecular formula is C10H18OS2. The van der Waals surface area contributed by atoms with Gasteiger partial charge in [0.25, 0.3) is 0 Å². The molecule has 0 aromatic heterocycles. The van der Waals surface area contributed by atoms with Gasteiger partial charge in [0.2, 0.25) is 0 Å². The lowest BCUT2D eigenvalue weighted by molar-refractivity contribution is -0.122. The van der Waals surface area contributed by atoms with Gasteiger partial charge in [-0.05, 0) is 18.8 Å². The molecule has 0 aromatic rings. The summed E-state index contributed by atoms with van der Waals surface area (Å²) in [7, 11) is 3.96. The summed E-state index contributed by atoms with van der Waals surface area (Å²) in [6, 6.07) is 0. The maximum Gasteiger partial charge on any atom is 0.135 e. The van der Waals surface area contributed by atoms with Gasteiger partial charge < -0.3 is 0 Å². The van der Waals surface area contributed by atoms with E-state index in [1.807, 2.05) is 35.4 Å². The molecule has 1 heterocycles. The van der Waals surface area contributed by atoms with Crippen molar-refractivity contribution in [2.75, 3.05) is 11.5 Å². The molecule has 13 heavy (non-hydrogen) atoms. The van der Waals surface area contributed by atoms with Crippen LogP contribution in [0.4, 0.5) is 0 Å². The van der Waals surface area contributed by atoms with Crippen molar-refractivity contribution < 1.29 is 4.79 Å². The minimum Gasteiger partial charge on any atom is -0.299 e. The minimum atomic E-state index is 0.229. The standard InChI is InChI=1S/C10H18OS2/c1-8(2)10(11)5-3-4-9-6-12-13-7-9/h8-9H,3-7H2,1-2H3. The molecule has 1 aliphatic heterocycles. The zero-order valence-corrected chi connectivity index (χ0v) is 10.0. The van der Waals surface area contributed by atoms with Crippen molar-refractivity contribution in [2.45, 2.75) is 33.1 Å². The molecule has 1 saturated heterocycles. The van der Waals surface area contributed by atoms with Gasteiger partial charge in [0.1, 0.15) is 5.78 Å². The van der Waals surface area contributed by atoms with Crippen molar-refractivity contribution >= 4 is 27.4 Å². The summed E-state index contributed by atoms with van der Waals surface area (Å²) in [5.41, 5.74) is 0. The molecule has 0 aromatic carbocycles. The highest BCUT2D eigenvalue weighted by atomic mass is 33.1. The Bertz CT molecular complexity index is 162. The maximum atomic E-state index is 11.3. The van der Waals surface area contributed by atoms with Gasteiger partial charge in [-0.15, -0.1) is 0 Å². The van der Waals surface area contributed by atoms with E-state index in [0.717, 1.165) is 18.8 Å². The van der Waals surface area contributed by atoms with Gasteiger partial charge in [-0.1, -0.05) is 35.4 Å². The molecule has 0 bridgehead atoms. The zero-order chi connectivity index (χ0) is 9.68. The molecule has 1 nitrogen and oxygen atoms in total. The minimum absolute atomic E-state index is 0.229. The molecule has 0 saturated carbocycles. The second-order valence-electron chi connectivity index (χ2n) is 3.95. The molecule has 3 heteroatoms. The molecular weight excluding hydrogens is 200 g/mol. The number of Topliss-reactive ketones (excluding diaryl/α,β-unsaturated/α-hetero) is 1. The van der Waals surface area contributed by atoms with Crippen molar-refractivity contribution in [1.82, 2.24) is 0 Å². The summed E-state index contributed by atoms with van der Waals surface area (Å²) < 4.78 is 0. The maximum absolute atomic E-state index is 11.3. The number of carbonyl (C=O) groups is 1. The molecule has 1 aliphatic rings. The van der Waals surface area contributed by atoms with Crippen LogP contribution < -0.4 is 0 Å². The van der Waals surface area contributed by atoms with Crippen LogP contribution in [-0.2, 0) is 4.79 Å². The Hall–Kier alpha value is 0.370. The first-order valence-electron chi connectivity index (χ1n) is 4.97. The van der Waals surface area contributed by atoms with Crippen molar-refractivity contribution in [3.8, 4) is 0 Å². The highest BCUT2D eigenvalue weighted by molar-refractivity contribution is 8.77. The summed E-state index contributed by atoms with van der Waals surface area (Å²) in [6.07, 6.45) is 3.14. The first kappa shape index (κ1) is 11.4. The fraction of sp³-hybridized carbons (Fsp3) is 0.900. The van der Waals surface area contributed by atoms with Crippen molar-refractivity contribution in [2.24, 2.45) is 11.8 Å². The molecule has 0 spiro atoms. The number of carbonyl (C=O) groups excluding carboxylic acids is 1. The van der Waals surface area contributed by atoms with Crippen molar-refractivity contribution in [3.63, 3.8) is 0 Å². The number of rotatable bonds is 5. The summed E-state index contributed by atoms with van der Waals surface area (Å²) >= 11 is 0. The lowest BCUT2D eigenvalue weighted by atomic mass is 10.00. The van der Waals surface area contributed by atoms with Crippen LogP contribution in [0.15, 0.2) is 0 Å². The molecule has 0 aliphatic carbocycles. The second-order valence-corrected chi connectivity index (χ2v) is 6.50. The van der Waals surface area contributed by atoms with E-state index in [2.05, 4.69) is 0 Å². The SMILES string of the molecule is CC(C)C(=O)CCCC1CSSC1. The monoisotopic (exact) mass is 218 g/mol. The number of ketones is 1. The third-order valence-electron chi connectivity index (χ3n) is 2.37. The van der Waals surface area contributed by atoms with Crippen LogP contribution >= 0.6 is 21.6 Å². The van der Waals surface area contributed by atoms with Gasteiger partial charge in [-0.2, -0.15) is 0 Å². The molecule has 1 rings (SSSR count). The van der Waals surface area contributed by atoms with Crippen LogP contribution in [0, 0.1) is 11.8 Å². The van der Waals surface area contributed by atoms with Gasteiger partial charge in [-0.3, -0.25) is 4.79 Å². The normalized spacial score (nSPS) is 18.4. The Kier molecular flexibility index (Phi) is 5.25. The van der Waals surface area contributed by atoms with E-state index in [4.69, 9.17) is 0 Å². The third-order valence-corrected chi connectivity index (χ3v) is 5.07.